The van der Waals surface area contributed by atoms with Crippen molar-refractivity contribution in [3.05, 3.63) is 47.9 Å². The first-order valence-corrected chi connectivity index (χ1v) is 6.62. The molecule has 3 rings (SSSR count). The summed E-state index contributed by atoms with van der Waals surface area (Å²) < 4.78 is 11.1. The van der Waals surface area contributed by atoms with Crippen molar-refractivity contribution in [3.63, 3.8) is 0 Å². The monoisotopic (exact) mass is 272 g/mol. The molecule has 0 atom stereocenters. The van der Waals surface area contributed by atoms with Gasteiger partial charge in [0.05, 0.1) is 18.8 Å². The zero-order valence-electron chi connectivity index (χ0n) is 11.0. The van der Waals surface area contributed by atoms with Crippen LogP contribution in [0.1, 0.15) is 22.7 Å². The van der Waals surface area contributed by atoms with E-state index in [1.807, 2.05) is 24.3 Å². The fourth-order valence-corrected chi connectivity index (χ4v) is 2.27. The predicted octanol–water partition coefficient (Wildman–Crippen LogP) is 2.17. The molecular formula is C15H16N2O3. The number of hydrogen-bond donors (Lipinski definition) is 1. The number of para-hydroxylation sites is 2. The molecular weight excluding hydrogens is 256 g/mol. The number of furan rings is 1. The number of amides is 1. The molecule has 0 saturated carbocycles. The van der Waals surface area contributed by atoms with Crippen LogP contribution in [0.5, 0.6) is 5.75 Å². The molecule has 0 unspecified atom stereocenters. The summed E-state index contributed by atoms with van der Waals surface area (Å²) in [4.78, 5) is 14.3. The molecule has 5 nitrogen and oxygen atoms in total. The quantitative estimate of drug-likeness (QED) is 0.909. The van der Waals surface area contributed by atoms with Crippen molar-refractivity contribution >= 4 is 11.6 Å². The molecule has 2 aromatic rings. The van der Waals surface area contributed by atoms with Crippen LogP contribution in [0.4, 0.5) is 5.69 Å². The number of rotatable bonds is 2. The Labute approximate surface area is 116 Å². The van der Waals surface area contributed by atoms with E-state index in [4.69, 9.17) is 14.9 Å². The highest BCUT2D eigenvalue weighted by atomic mass is 16.5. The van der Waals surface area contributed by atoms with E-state index in [0.717, 1.165) is 17.9 Å². The highest BCUT2D eigenvalue weighted by Crippen LogP contribution is 2.31. The molecule has 0 aliphatic carbocycles. The summed E-state index contributed by atoms with van der Waals surface area (Å²) in [6.45, 7) is 1.49. The normalized spacial score (nSPS) is 14.3. The summed E-state index contributed by atoms with van der Waals surface area (Å²) in [6, 6.07) is 10.9. The third-order valence-electron chi connectivity index (χ3n) is 3.26. The van der Waals surface area contributed by atoms with E-state index in [9.17, 15) is 4.79 Å². The number of carbonyl (C=O) groups is 1. The molecule has 0 radical (unpaired) electrons. The highest BCUT2D eigenvalue weighted by Gasteiger charge is 2.25. The fraction of sp³-hybridized carbons (Fsp3) is 0.267. The maximum absolute atomic E-state index is 12.6. The van der Waals surface area contributed by atoms with Crippen molar-refractivity contribution in [1.29, 1.82) is 0 Å². The van der Waals surface area contributed by atoms with Crippen LogP contribution in [0.15, 0.2) is 40.8 Å². The molecule has 1 aliphatic rings. The van der Waals surface area contributed by atoms with E-state index in [2.05, 4.69) is 0 Å². The van der Waals surface area contributed by atoms with Crippen LogP contribution in [0.3, 0.4) is 0 Å². The molecule has 104 valence electrons. The summed E-state index contributed by atoms with van der Waals surface area (Å²) in [5.41, 5.74) is 6.28. The average Bonchev–Trinajstić information content (AvgIpc) is 2.86. The molecule has 1 amide bonds. The van der Waals surface area contributed by atoms with Crippen molar-refractivity contribution in [2.45, 2.75) is 13.0 Å². The number of fused-ring (bicyclic) bond motifs is 1. The highest BCUT2D eigenvalue weighted by molar-refractivity contribution is 6.05. The molecule has 5 heteroatoms. The number of carbonyl (C=O) groups excluding carboxylic acids is 1. The molecule has 1 aromatic heterocycles. The molecule has 0 spiro atoms. The number of hydrogen-bond acceptors (Lipinski definition) is 4. The minimum Gasteiger partial charge on any atom is -0.491 e. The van der Waals surface area contributed by atoms with Gasteiger partial charge in [-0.25, -0.2) is 0 Å². The predicted molar refractivity (Wildman–Crippen MR) is 74.8 cm³/mol. The van der Waals surface area contributed by atoms with Gasteiger partial charge in [-0.15, -0.1) is 0 Å². The van der Waals surface area contributed by atoms with Crippen LogP contribution in [0.25, 0.3) is 0 Å². The van der Waals surface area contributed by atoms with Gasteiger partial charge in [0.2, 0.25) is 0 Å². The van der Waals surface area contributed by atoms with Crippen LogP contribution >= 0.6 is 0 Å². The van der Waals surface area contributed by atoms with Gasteiger partial charge in [-0.1, -0.05) is 12.1 Å². The Balaban J connectivity index is 1.94. The molecule has 2 N–H and O–H groups in total. The Hall–Kier alpha value is -2.27. The molecule has 0 bridgehead atoms. The van der Waals surface area contributed by atoms with Gasteiger partial charge < -0.3 is 19.8 Å². The van der Waals surface area contributed by atoms with E-state index < -0.39 is 0 Å². The number of nitrogens with two attached hydrogens (primary N) is 1. The third-order valence-corrected chi connectivity index (χ3v) is 3.26. The Kier molecular flexibility index (Phi) is 3.43. The van der Waals surface area contributed by atoms with Crippen LogP contribution in [0, 0.1) is 0 Å². The average molecular weight is 272 g/mol. The first-order valence-electron chi connectivity index (χ1n) is 6.62. The maximum Gasteiger partial charge on any atom is 0.294 e. The lowest BCUT2D eigenvalue weighted by Crippen LogP contribution is -2.31. The smallest absolute Gasteiger partial charge is 0.294 e. The van der Waals surface area contributed by atoms with E-state index >= 15 is 0 Å². The second-order valence-corrected chi connectivity index (χ2v) is 4.60. The summed E-state index contributed by atoms with van der Waals surface area (Å²) in [5, 5.41) is 0. The lowest BCUT2D eigenvalue weighted by atomic mass is 10.2. The zero-order chi connectivity index (χ0) is 13.9. The zero-order valence-corrected chi connectivity index (χ0v) is 11.0. The van der Waals surface area contributed by atoms with E-state index in [1.54, 1.807) is 17.0 Å². The summed E-state index contributed by atoms with van der Waals surface area (Å²) in [5.74, 6) is 1.47. The van der Waals surface area contributed by atoms with Gasteiger partial charge in [0, 0.05) is 6.54 Å². The van der Waals surface area contributed by atoms with Gasteiger partial charge in [-0.2, -0.15) is 0 Å². The van der Waals surface area contributed by atoms with Crippen molar-refractivity contribution in [3.8, 4) is 5.75 Å². The van der Waals surface area contributed by atoms with Gasteiger partial charge in [0.1, 0.15) is 11.5 Å². The lowest BCUT2D eigenvalue weighted by molar-refractivity contribution is 0.0959. The van der Waals surface area contributed by atoms with Crippen LogP contribution in [0.2, 0.25) is 0 Å². The number of benzene rings is 1. The van der Waals surface area contributed by atoms with Gasteiger partial charge in [0.25, 0.3) is 5.91 Å². The van der Waals surface area contributed by atoms with Crippen LogP contribution in [-0.4, -0.2) is 19.1 Å². The Bertz CT molecular complexity index is 621. The van der Waals surface area contributed by atoms with Crippen LogP contribution < -0.4 is 15.4 Å². The lowest BCUT2D eigenvalue weighted by Gasteiger charge is -2.20. The molecule has 2 heterocycles. The Morgan fingerprint density at radius 3 is 2.90 bits per heavy atom. The topological polar surface area (TPSA) is 68.7 Å². The van der Waals surface area contributed by atoms with Gasteiger partial charge >= 0.3 is 0 Å². The largest absolute Gasteiger partial charge is 0.491 e. The SMILES string of the molecule is NCc1ccc(C(=O)N2CCCOc3ccccc32)o1. The van der Waals surface area contributed by atoms with Crippen molar-refractivity contribution in [1.82, 2.24) is 0 Å². The summed E-state index contributed by atoms with van der Waals surface area (Å²) >= 11 is 0. The van der Waals surface area contributed by atoms with Gasteiger partial charge in [-0.3, -0.25) is 4.79 Å². The first-order chi connectivity index (χ1) is 9.79. The second-order valence-electron chi connectivity index (χ2n) is 4.60. The Morgan fingerprint density at radius 2 is 2.10 bits per heavy atom. The van der Waals surface area contributed by atoms with Gasteiger partial charge in [0.15, 0.2) is 5.76 Å². The molecule has 20 heavy (non-hydrogen) atoms. The minimum atomic E-state index is -0.164. The number of nitrogens with zero attached hydrogens (tertiary/aromatic N) is 1. The molecule has 1 aliphatic heterocycles. The summed E-state index contributed by atoms with van der Waals surface area (Å²) in [7, 11) is 0. The first kappa shape index (κ1) is 12.7. The standard InChI is InChI=1S/C15H16N2O3/c16-10-11-6-7-14(20-11)15(18)17-8-3-9-19-13-5-2-1-4-12(13)17/h1-2,4-7H,3,8-10,16H2. The molecule has 0 fully saturated rings. The van der Waals surface area contributed by atoms with Crippen molar-refractivity contribution in [2.24, 2.45) is 5.73 Å². The van der Waals surface area contributed by atoms with Crippen LogP contribution in [-0.2, 0) is 6.54 Å². The fourth-order valence-electron chi connectivity index (χ4n) is 2.27. The molecule has 0 saturated heterocycles. The Morgan fingerprint density at radius 1 is 1.25 bits per heavy atom. The van der Waals surface area contributed by atoms with Crippen molar-refractivity contribution < 1.29 is 13.9 Å². The van der Waals surface area contributed by atoms with Gasteiger partial charge in [-0.05, 0) is 30.7 Å². The maximum atomic E-state index is 12.6. The second kappa shape index (κ2) is 5.38. The van der Waals surface area contributed by atoms with E-state index in [0.29, 0.717) is 24.7 Å². The van der Waals surface area contributed by atoms with Crippen molar-refractivity contribution in [2.75, 3.05) is 18.1 Å². The van der Waals surface area contributed by atoms with E-state index in [-0.39, 0.29) is 12.5 Å². The summed E-state index contributed by atoms with van der Waals surface area (Å²) in [6.07, 6.45) is 0.783. The molecule has 1 aromatic carbocycles. The van der Waals surface area contributed by atoms with E-state index in [1.165, 1.54) is 0 Å². The number of ether oxygens (including phenoxy) is 1. The number of anilines is 1. The third kappa shape index (κ3) is 2.28. The minimum absolute atomic E-state index is 0.164.